The van der Waals surface area contributed by atoms with Gasteiger partial charge in [-0.3, -0.25) is 0 Å². The molecular weight excluding hydrogens is 364 g/mol. The van der Waals surface area contributed by atoms with E-state index < -0.39 is 0 Å². The molecule has 4 nitrogen and oxygen atoms in total. The molecule has 0 saturated heterocycles. The van der Waals surface area contributed by atoms with Gasteiger partial charge in [0.1, 0.15) is 24.7 Å². The van der Waals surface area contributed by atoms with E-state index >= 15 is 0 Å². The van der Waals surface area contributed by atoms with Gasteiger partial charge in [-0.25, -0.2) is 0 Å². The van der Waals surface area contributed by atoms with Gasteiger partial charge in [-0.05, 0) is 47.9 Å². The van der Waals surface area contributed by atoms with Gasteiger partial charge in [-0.2, -0.15) is 0 Å². The van der Waals surface area contributed by atoms with Crippen LogP contribution in [-0.2, 0) is 16.1 Å². The van der Waals surface area contributed by atoms with E-state index in [2.05, 4.69) is 36.4 Å². The summed E-state index contributed by atoms with van der Waals surface area (Å²) >= 11 is 0. The lowest BCUT2D eigenvalue weighted by Crippen LogP contribution is -2.10. The number of hydrogen-bond donors (Lipinski definition) is 0. The van der Waals surface area contributed by atoms with Crippen molar-refractivity contribution < 1.29 is 18.9 Å². The Kier molecular flexibility index (Phi) is 8.57. The van der Waals surface area contributed by atoms with Crippen molar-refractivity contribution in [1.29, 1.82) is 0 Å². The Morgan fingerprint density at radius 3 is 1.72 bits per heavy atom. The monoisotopic (exact) mass is 392 g/mol. The second-order valence-electron chi connectivity index (χ2n) is 6.48. The maximum atomic E-state index is 5.85. The predicted molar refractivity (Wildman–Crippen MR) is 115 cm³/mol. The molecule has 0 atom stereocenters. The molecule has 3 rings (SSSR count). The zero-order chi connectivity index (χ0) is 20.2. The van der Waals surface area contributed by atoms with Crippen molar-refractivity contribution >= 4 is 0 Å². The van der Waals surface area contributed by atoms with Crippen molar-refractivity contribution in [2.45, 2.75) is 13.5 Å². The molecule has 152 valence electrons. The zero-order valence-electron chi connectivity index (χ0n) is 16.9. The minimum absolute atomic E-state index is 0.527. The van der Waals surface area contributed by atoms with Gasteiger partial charge in [0, 0.05) is 6.61 Å². The number of ether oxygens (including phenoxy) is 4. The van der Waals surface area contributed by atoms with E-state index in [0.717, 1.165) is 34.8 Å². The highest BCUT2D eigenvalue weighted by Crippen LogP contribution is 2.25. The van der Waals surface area contributed by atoms with Gasteiger partial charge in [0.15, 0.2) is 0 Å². The van der Waals surface area contributed by atoms with E-state index in [9.17, 15) is 0 Å². The average Bonchev–Trinajstić information content (AvgIpc) is 2.79. The van der Waals surface area contributed by atoms with Crippen LogP contribution in [0.5, 0.6) is 11.5 Å². The summed E-state index contributed by atoms with van der Waals surface area (Å²) in [6, 6.07) is 26.4. The molecule has 0 bridgehead atoms. The topological polar surface area (TPSA) is 36.9 Å². The maximum absolute atomic E-state index is 5.85. The summed E-state index contributed by atoms with van der Waals surface area (Å²) in [5, 5.41) is 0. The highest BCUT2D eigenvalue weighted by atomic mass is 16.5. The smallest absolute Gasteiger partial charge is 0.119 e. The van der Waals surface area contributed by atoms with Crippen LogP contribution in [0.3, 0.4) is 0 Å². The lowest BCUT2D eigenvalue weighted by molar-refractivity contribution is 0.0405. The highest BCUT2D eigenvalue weighted by molar-refractivity contribution is 5.64. The third kappa shape index (κ3) is 7.26. The fourth-order valence-electron chi connectivity index (χ4n) is 2.81. The third-order valence-electron chi connectivity index (χ3n) is 4.36. The summed E-state index contributed by atoms with van der Waals surface area (Å²) in [5.41, 5.74) is 3.44. The van der Waals surface area contributed by atoms with E-state index in [1.165, 1.54) is 0 Å². The van der Waals surface area contributed by atoms with Gasteiger partial charge in [0.2, 0.25) is 0 Å². The largest absolute Gasteiger partial charge is 0.491 e. The molecule has 0 amide bonds. The Labute approximate surface area is 173 Å². The molecule has 3 aromatic rings. The first-order valence-corrected chi connectivity index (χ1v) is 10.0. The predicted octanol–water partition coefficient (Wildman–Crippen LogP) is 5.36. The van der Waals surface area contributed by atoms with Gasteiger partial charge < -0.3 is 18.9 Å². The number of benzene rings is 3. The lowest BCUT2D eigenvalue weighted by atomic mass is 10.1. The van der Waals surface area contributed by atoms with Crippen LogP contribution >= 0.6 is 0 Å². The van der Waals surface area contributed by atoms with Crippen molar-refractivity contribution in [2.75, 3.05) is 33.0 Å². The quantitative estimate of drug-likeness (QED) is 0.389. The molecule has 0 aliphatic rings. The van der Waals surface area contributed by atoms with Crippen molar-refractivity contribution in [3.63, 3.8) is 0 Å². The van der Waals surface area contributed by atoms with E-state index in [4.69, 9.17) is 18.9 Å². The first kappa shape index (κ1) is 20.9. The molecule has 0 radical (unpaired) electrons. The summed E-state index contributed by atoms with van der Waals surface area (Å²) in [4.78, 5) is 0. The van der Waals surface area contributed by atoms with Crippen molar-refractivity contribution in [3.05, 3.63) is 84.4 Å². The van der Waals surface area contributed by atoms with Gasteiger partial charge in [0.25, 0.3) is 0 Å². The first-order valence-electron chi connectivity index (χ1n) is 10.0. The van der Waals surface area contributed by atoms with Crippen LogP contribution in [0.25, 0.3) is 11.1 Å². The SMILES string of the molecule is CCOCCOCCOc1ccc(-c2ccc(OCc3ccccc3)cc2)cc1. The summed E-state index contributed by atoms with van der Waals surface area (Å²) in [7, 11) is 0. The molecule has 4 heteroatoms. The van der Waals surface area contributed by atoms with Crippen molar-refractivity contribution in [1.82, 2.24) is 0 Å². The highest BCUT2D eigenvalue weighted by Gasteiger charge is 2.01. The Balaban J connectivity index is 1.43. The Hall–Kier alpha value is -2.82. The summed E-state index contributed by atoms with van der Waals surface area (Å²) in [6.45, 7) is 5.57. The normalized spacial score (nSPS) is 10.7. The minimum Gasteiger partial charge on any atom is -0.491 e. The zero-order valence-corrected chi connectivity index (χ0v) is 16.9. The Morgan fingerprint density at radius 2 is 1.10 bits per heavy atom. The van der Waals surface area contributed by atoms with Crippen LogP contribution in [0.15, 0.2) is 78.9 Å². The molecule has 0 fully saturated rings. The second-order valence-corrected chi connectivity index (χ2v) is 6.48. The second kappa shape index (κ2) is 11.9. The van der Waals surface area contributed by atoms with E-state index in [-0.39, 0.29) is 0 Å². The molecule has 0 aliphatic heterocycles. The van der Waals surface area contributed by atoms with E-state index in [0.29, 0.717) is 33.0 Å². The van der Waals surface area contributed by atoms with Crippen LogP contribution in [-0.4, -0.2) is 33.0 Å². The lowest BCUT2D eigenvalue weighted by Gasteiger charge is -2.09. The van der Waals surface area contributed by atoms with E-state index in [1.54, 1.807) is 0 Å². The molecule has 0 heterocycles. The molecule has 0 saturated carbocycles. The number of hydrogen-bond acceptors (Lipinski definition) is 4. The van der Waals surface area contributed by atoms with Gasteiger partial charge in [-0.1, -0.05) is 54.6 Å². The Bertz CT molecular complexity index is 814. The van der Waals surface area contributed by atoms with Gasteiger partial charge in [-0.15, -0.1) is 0 Å². The summed E-state index contributed by atoms with van der Waals surface area (Å²) < 4.78 is 22.2. The summed E-state index contributed by atoms with van der Waals surface area (Å²) in [5.74, 6) is 1.70. The van der Waals surface area contributed by atoms with Crippen LogP contribution in [0.4, 0.5) is 0 Å². The molecular formula is C25H28O4. The third-order valence-corrected chi connectivity index (χ3v) is 4.36. The molecule has 29 heavy (non-hydrogen) atoms. The van der Waals surface area contributed by atoms with Crippen molar-refractivity contribution in [2.24, 2.45) is 0 Å². The average molecular weight is 392 g/mol. The fraction of sp³-hybridized carbons (Fsp3) is 0.280. The van der Waals surface area contributed by atoms with Crippen LogP contribution in [0.1, 0.15) is 12.5 Å². The maximum Gasteiger partial charge on any atom is 0.119 e. The first-order chi connectivity index (χ1) is 14.3. The summed E-state index contributed by atoms with van der Waals surface area (Å²) in [6.07, 6.45) is 0. The molecule has 0 aliphatic carbocycles. The van der Waals surface area contributed by atoms with Gasteiger partial charge >= 0.3 is 0 Å². The Morgan fingerprint density at radius 1 is 0.552 bits per heavy atom. The van der Waals surface area contributed by atoms with E-state index in [1.807, 2.05) is 49.4 Å². The molecule has 0 spiro atoms. The minimum atomic E-state index is 0.527. The molecule has 0 N–H and O–H groups in total. The fourth-order valence-corrected chi connectivity index (χ4v) is 2.81. The van der Waals surface area contributed by atoms with Crippen LogP contribution in [0.2, 0.25) is 0 Å². The van der Waals surface area contributed by atoms with Crippen LogP contribution in [0, 0.1) is 0 Å². The van der Waals surface area contributed by atoms with Crippen molar-refractivity contribution in [3.8, 4) is 22.6 Å². The standard InChI is InChI=1S/C25H28O4/c1-2-26-16-17-27-18-19-28-24-12-8-22(9-13-24)23-10-14-25(15-11-23)29-20-21-6-4-3-5-7-21/h3-15H,2,16-20H2,1H3. The van der Waals surface area contributed by atoms with Crippen LogP contribution < -0.4 is 9.47 Å². The number of rotatable bonds is 12. The van der Waals surface area contributed by atoms with Gasteiger partial charge in [0.05, 0.1) is 19.8 Å². The molecule has 0 unspecified atom stereocenters. The molecule has 0 aromatic heterocycles. The molecule has 3 aromatic carbocycles.